The van der Waals surface area contributed by atoms with E-state index in [4.69, 9.17) is 9.47 Å². The van der Waals surface area contributed by atoms with Crippen molar-refractivity contribution in [1.82, 2.24) is 15.5 Å². The number of rotatable bonds is 16. The first-order chi connectivity index (χ1) is 22.3. The Kier molecular flexibility index (Phi) is 12.5. The molecule has 0 aromatic heterocycles. The summed E-state index contributed by atoms with van der Waals surface area (Å²) in [5, 5.41) is 15.0. The number of aliphatic hydroxyl groups is 1. The van der Waals surface area contributed by atoms with Crippen molar-refractivity contribution < 1.29 is 33.8 Å². The van der Waals surface area contributed by atoms with Gasteiger partial charge in [-0.1, -0.05) is 60.7 Å². The highest BCUT2D eigenvalue weighted by Crippen LogP contribution is 2.44. The second kappa shape index (κ2) is 16.7. The number of allylic oxidation sites excluding steroid dienone is 2. The Labute approximate surface area is 270 Å². The quantitative estimate of drug-likeness (QED) is 0.184. The summed E-state index contributed by atoms with van der Waals surface area (Å²) in [6.07, 6.45) is 4.39. The zero-order valence-electron chi connectivity index (χ0n) is 26.5. The molecule has 3 amide bonds. The second-order valence-electron chi connectivity index (χ2n) is 11.9. The minimum absolute atomic E-state index is 0.00376. The zero-order valence-corrected chi connectivity index (χ0v) is 26.5. The molecule has 3 N–H and O–H groups in total. The van der Waals surface area contributed by atoms with Crippen molar-refractivity contribution in [2.45, 2.75) is 69.6 Å². The third-order valence-corrected chi connectivity index (χ3v) is 8.61. The first-order valence-corrected chi connectivity index (χ1v) is 16.0. The van der Waals surface area contributed by atoms with Crippen LogP contribution < -0.4 is 10.6 Å². The van der Waals surface area contributed by atoms with Crippen molar-refractivity contribution in [1.29, 1.82) is 0 Å². The van der Waals surface area contributed by atoms with Crippen LogP contribution in [0, 0.1) is 5.92 Å². The standard InChI is InChI=1S/C36H45N3O7/c1-4-6-18-32(38-36(44)45-23-31-29-16-9-7-14-27(29)28-15-8-10-17-30(28)31)35(43)46-24(3)21-37-34(42)25(12-5-2)20-33(41)39-19-11-13-26(39)22-40/h4-5,7-10,14-17,24-26,31-32,40H,1-2,6,11-13,18-23H2,3H3,(H,37,42)(H,38,44). The number of benzene rings is 2. The number of carbonyl (C=O) groups excluding carboxylic acids is 4. The molecule has 1 heterocycles. The lowest BCUT2D eigenvalue weighted by molar-refractivity contribution is -0.151. The van der Waals surface area contributed by atoms with Crippen LogP contribution in [0.25, 0.3) is 11.1 Å². The molecule has 0 bridgehead atoms. The van der Waals surface area contributed by atoms with E-state index in [-0.39, 0.29) is 56.4 Å². The monoisotopic (exact) mass is 631 g/mol. The third-order valence-electron chi connectivity index (χ3n) is 8.61. The van der Waals surface area contributed by atoms with Gasteiger partial charge in [-0.3, -0.25) is 9.59 Å². The van der Waals surface area contributed by atoms with Gasteiger partial charge in [0.05, 0.1) is 25.1 Å². The van der Waals surface area contributed by atoms with Crippen molar-refractivity contribution >= 4 is 23.9 Å². The lowest BCUT2D eigenvalue weighted by Gasteiger charge is -2.25. The number of amides is 3. The minimum atomic E-state index is -0.974. The summed E-state index contributed by atoms with van der Waals surface area (Å²) in [6, 6.07) is 14.9. The number of hydrogen-bond acceptors (Lipinski definition) is 7. The van der Waals surface area contributed by atoms with E-state index in [0.717, 1.165) is 35.1 Å². The van der Waals surface area contributed by atoms with Gasteiger partial charge in [-0.05, 0) is 61.3 Å². The van der Waals surface area contributed by atoms with Crippen LogP contribution in [0.3, 0.4) is 0 Å². The first kappa shape index (κ1) is 34.4. The van der Waals surface area contributed by atoms with E-state index in [9.17, 15) is 24.3 Å². The topological polar surface area (TPSA) is 134 Å². The Bertz CT molecular complexity index is 1360. The van der Waals surface area contributed by atoms with Crippen LogP contribution >= 0.6 is 0 Å². The molecule has 0 saturated carbocycles. The predicted molar refractivity (Wildman–Crippen MR) is 175 cm³/mol. The van der Waals surface area contributed by atoms with Gasteiger partial charge in [0.15, 0.2) is 0 Å². The van der Waals surface area contributed by atoms with Crippen LogP contribution in [-0.2, 0) is 23.9 Å². The number of nitrogens with zero attached hydrogens (tertiary/aromatic N) is 1. The molecule has 1 saturated heterocycles. The van der Waals surface area contributed by atoms with Gasteiger partial charge < -0.3 is 30.1 Å². The fourth-order valence-corrected chi connectivity index (χ4v) is 6.19. The van der Waals surface area contributed by atoms with E-state index in [0.29, 0.717) is 19.4 Å². The molecule has 1 aliphatic heterocycles. The smallest absolute Gasteiger partial charge is 0.407 e. The molecule has 46 heavy (non-hydrogen) atoms. The van der Waals surface area contributed by atoms with Crippen LogP contribution in [0.15, 0.2) is 73.8 Å². The Morgan fingerprint density at radius 2 is 1.72 bits per heavy atom. The van der Waals surface area contributed by atoms with Crippen molar-refractivity contribution in [3.63, 3.8) is 0 Å². The van der Waals surface area contributed by atoms with Gasteiger partial charge >= 0.3 is 12.1 Å². The lowest BCUT2D eigenvalue weighted by Crippen LogP contribution is -2.45. The maximum absolute atomic E-state index is 13.1. The van der Waals surface area contributed by atoms with Crippen LogP contribution in [-0.4, -0.2) is 78.4 Å². The highest BCUT2D eigenvalue weighted by Gasteiger charge is 2.32. The summed E-state index contributed by atoms with van der Waals surface area (Å²) in [4.78, 5) is 53.4. The van der Waals surface area contributed by atoms with Crippen molar-refractivity contribution in [3.05, 3.63) is 85.0 Å². The van der Waals surface area contributed by atoms with E-state index in [1.165, 1.54) is 0 Å². The molecule has 2 aliphatic rings. The van der Waals surface area contributed by atoms with Crippen LogP contribution in [0.1, 0.15) is 62.5 Å². The molecule has 0 radical (unpaired) electrons. The Morgan fingerprint density at radius 3 is 2.35 bits per heavy atom. The Hall–Kier alpha value is -4.44. The molecule has 1 fully saturated rings. The number of nitrogens with one attached hydrogen (secondary N) is 2. The van der Waals surface area contributed by atoms with Crippen molar-refractivity contribution in [2.75, 3.05) is 26.3 Å². The molecule has 4 atom stereocenters. The van der Waals surface area contributed by atoms with E-state index in [2.05, 4.69) is 35.9 Å². The maximum atomic E-state index is 13.1. The second-order valence-corrected chi connectivity index (χ2v) is 11.9. The number of hydrogen-bond donors (Lipinski definition) is 3. The molecule has 4 unspecified atom stereocenters. The maximum Gasteiger partial charge on any atom is 0.407 e. The summed E-state index contributed by atoms with van der Waals surface area (Å²) in [6.45, 7) is 9.65. The highest BCUT2D eigenvalue weighted by atomic mass is 16.6. The van der Waals surface area contributed by atoms with Crippen LogP contribution in [0.5, 0.6) is 0 Å². The van der Waals surface area contributed by atoms with E-state index >= 15 is 0 Å². The molecule has 4 rings (SSSR count). The van der Waals surface area contributed by atoms with E-state index in [1.54, 1.807) is 24.0 Å². The summed E-state index contributed by atoms with van der Waals surface area (Å²) >= 11 is 0. The summed E-state index contributed by atoms with van der Waals surface area (Å²) in [5.41, 5.74) is 4.40. The normalized spacial score (nSPS) is 17.2. The zero-order chi connectivity index (χ0) is 33.1. The fraction of sp³-hybridized carbons (Fsp3) is 0.444. The number of alkyl carbamates (subject to hydrolysis) is 1. The average Bonchev–Trinajstić information content (AvgIpc) is 3.67. The summed E-state index contributed by atoms with van der Waals surface area (Å²) in [5.74, 6) is -1.94. The molecule has 246 valence electrons. The number of carbonyl (C=O) groups is 4. The third kappa shape index (κ3) is 8.63. The van der Waals surface area contributed by atoms with Crippen molar-refractivity contribution in [2.24, 2.45) is 5.92 Å². The summed E-state index contributed by atoms with van der Waals surface area (Å²) in [7, 11) is 0. The molecule has 2 aromatic carbocycles. The Morgan fingerprint density at radius 1 is 1.04 bits per heavy atom. The lowest BCUT2D eigenvalue weighted by atomic mass is 9.98. The highest BCUT2D eigenvalue weighted by molar-refractivity contribution is 5.86. The first-order valence-electron chi connectivity index (χ1n) is 16.0. The van der Waals surface area contributed by atoms with Crippen LogP contribution in [0.2, 0.25) is 0 Å². The largest absolute Gasteiger partial charge is 0.459 e. The van der Waals surface area contributed by atoms with Gasteiger partial charge in [-0.2, -0.15) is 0 Å². The molecule has 1 aliphatic carbocycles. The number of fused-ring (bicyclic) bond motifs is 3. The van der Waals surface area contributed by atoms with Crippen molar-refractivity contribution in [3.8, 4) is 11.1 Å². The van der Waals surface area contributed by atoms with Gasteiger partial charge in [-0.15, -0.1) is 13.2 Å². The van der Waals surface area contributed by atoms with Gasteiger partial charge in [0.2, 0.25) is 11.8 Å². The fourth-order valence-electron chi connectivity index (χ4n) is 6.19. The molecule has 0 spiro atoms. The molecule has 10 nitrogen and oxygen atoms in total. The predicted octanol–water partition coefficient (Wildman–Crippen LogP) is 4.47. The van der Waals surface area contributed by atoms with Gasteiger partial charge in [0, 0.05) is 18.9 Å². The Balaban J connectivity index is 1.28. The molecular weight excluding hydrogens is 586 g/mol. The number of likely N-dealkylation sites (tertiary alicyclic amines) is 1. The SMILES string of the molecule is C=CCCC(NC(=O)OCC1c2ccccc2-c2ccccc21)C(=O)OC(C)CNC(=O)C(CC=C)CC(=O)N1CCCC1CO. The number of esters is 1. The minimum Gasteiger partial charge on any atom is -0.459 e. The number of ether oxygens (including phenoxy) is 2. The molecule has 10 heteroatoms. The van der Waals surface area contributed by atoms with Gasteiger partial charge in [0.1, 0.15) is 18.8 Å². The molecule has 2 aromatic rings. The molecular formula is C36H45N3O7. The average molecular weight is 632 g/mol. The summed E-state index contributed by atoms with van der Waals surface area (Å²) < 4.78 is 11.2. The van der Waals surface area contributed by atoms with Crippen LogP contribution in [0.4, 0.5) is 4.79 Å². The number of aliphatic hydroxyl groups excluding tert-OH is 1. The van der Waals surface area contributed by atoms with Gasteiger partial charge in [-0.25, -0.2) is 9.59 Å². The van der Waals surface area contributed by atoms with E-state index in [1.807, 2.05) is 36.4 Å². The van der Waals surface area contributed by atoms with Gasteiger partial charge in [0.25, 0.3) is 0 Å². The van der Waals surface area contributed by atoms with E-state index < -0.39 is 30.1 Å².